The van der Waals surface area contributed by atoms with Gasteiger partial charge in [-0.2, -0.15) is 0 Å². The van der Waals surface area contributed by atoms with Gasteiger partial charge in [0.2, 0.25) is 0 Å². The predicted molar refractivity (Wildman–Crippen MR) is 87.1 cm³/mol. The van der Waals surface area contributed by atoms with Crippen molar-refractivity contribution in [3.63, 3.8) is 0 Å². The fourth-order valence-electron chi connectivity index (χ4n) is 2.37. The van der Waals surface area contributed by atoms with Crippen LogP contribution in [0.25, 0.3) is 0 Å². The number of halogens is 1. The molecule has 1 aromatic rings. The zero-order valence-electron chi connectivity index (χ0n) is 12.4. The largest absolute Gasteiger partial charge is 0.381 e. The van der Waals surface area contributed by atoms with E-state index in [1.54, 1.807) is 0 Å². The van der Waals surface area contributed by atoms with E-state index in [9.17, 15) is 0 Å². The molecule has 0 saturated heterocycles. The number of hydrogen-bond acceptors (Lipinski definition) is 1. The Morgan fingerprint density at radius 3 is 2.05 bits per heavy atom. The minimum atomic E-state index is 0.568. The average molecular weight is 282 g/mol. The molecule has 1 nitrogen and oxygen atoms in total. The molecule has 0 heterocycles. The van der Waals surface area contributed by atoms with Gasteiger partial charge in [-0.05, 0) is 25.0 Å². The fourth-order valence-corrected chi connectivity index (χ4v) is 2.56. The lowest BCUT2D eigenvalue weighted by Crippen LogP contribution is -2.19. The third-order valence-electron chi connectivity index (χ3n) is 3.55. The lowest BCUT2D eigenvalue weighted by molar-refractivity contribution is 0.526. The van der Waals surface area contributed by atoms with Crippen LogP contribution in [0.5, 0.6) is 0 Å². The van der Waals surface area contributed by atoms with Crippen molar-refractivity contribution in [1.29, 1.82) is 0 Å². The molecule has 0 aliphatic rings. The van der Waals surface area contributed by atoms with E-state index in [2.05, 4.69) is 25.2 Å². The number of nitrogens with one attached hydrogen (secondary N) is 1. The molecular formula is C17H28ClN. The van der Waals surface area contributed by atoms with Gasteiger partial charge < -0.3 is 5.32 Å². The van der Waals surface area contributed by atoms with Gasteiger partial charge in [-0.3, -0.25) is 0 Å². The van der Waals surface area contributed by atoms with Gasteiger partial charge in [0.05, 0.1) is 10.7 Å². The molecule has 0 spiro atoms. The SMILES string of the molecule is CCCCCC(CCCCC)Nc1ccccc1Cl. The first-order valence-electron chi connectivity index (χ1n) is 7.79. The second kappa shape index (κ2) is 10.1. The van der Waals surface area contributed by atoms with E-state index in [0.717, 1.165) is 10.7 Å². The maximum Gasteiger partial charge on any atom is 0.0637 e. The summed E-state index contributed by atoms with van der Waals surface area (Å²) < 4.78 is 0. The lowest BCUT2D eigenvalue weighted by Gasteiger charge is -2.20. The van der Waals surface area contributed by atoms with Gasteiger partial charge in [0.1, 0.15) is 0 Å². The molecule has 1 aromatic carbocycles. The zero-order valence-corrected chi connectivity index (χ0v) is 13.2. The van der Waals surface area contributed by atoms with Crippen molar-refractivity contribution >= 4 is 17.3 Å². The second-order valence-electron chi connectivity index (χ2n) is 5.31. The molecule has 0 radical (unpaired) electrons. The lowest BCUT2D eigenvalue weighted by atomic mass is 10.0. The molecule has 0 unspecified atom stereocenters. The van der Waals surface area contributed by atoms with Gasteiger partial charge in [-0.25, -0.2) is 0 Å². The fraction of sp³-hybridized carbons (Fsp3) is 0.647. The quantitative estimate of drug-likeness (QED) is 0.498. The van der Waals surface area contributed by atoms with Crippen molar-refractivity contribution in [3.8, 4) is 0 Å². The van der Waals surface area contributed by atoms with E-state index in [4.69, 9.17) is 11.6 Å². The number of anilines is 1. The second-order valence-corrected chi connectivity index (χ2v) is 5.72. The van der Waals surface area contributed by atoms with E-state index in [1.807, 2.05) is 18.2 Å². The highest BCUT2D eigenvalue weighted by Gasteiger charge is 2.09. The van der Waals surface area contributed by atoms with Gasteiger partial charge >= 0.3 is 0 Å². The number of unbranched alkanes of at least 4 members (excludes halogenated alkanes) is 4. The molecule has 0 aliphatic heterocycles. The van der Waals surface area contributed by atoms with E-state index < -0.39 is 0 Å². The molecule has 0 atom stereocenters. The van der Waals surface area contributed by atoms with E-state index in [-0.39, 0.29) is 0 Å². The van der Waals surface area contributed by atoms with Crippen LogP contribution in [0, 0.1) is 0 Å². The van der Waals surface area contributed by atoms with Gasteiger partial charge in [-0.1, -0.05) is 76.1 Å². The Morgan fingerprint density at radius 2 is 1.53 bits per heavy atom. The maximum atomic E-state index is 6.23. The third-order valence-corrected chi connectivity index (χ3v) is 3.88. The minimum Gasteiger partial charge on any atom is -0.381 e. The summed E-state index contributed by atoms with van der Waals surface area (Å²) >= 11 is 6.23. The Hall–Kier alpha value is -0.690. The molecule has 2 heteroatoms. The summed E-state index contributed by atoms with van der Waals surface area (Å²) in [7, 11) is 0. The van der Waals surface area contributed by atoms with Crippen LogP contribution in [0.1, 0.15) is 65.2 Å². The van der Waals surface area contributed by atoms with Crippen LogP contribution in [0.2, 0.25) is 5.02 Å². The van der Waals surface area contributed by atoms with Crippen molar-refractivity contribution in [3.05, 3.63) is 29.3 Å². The molecule has 0 fully saturated rings. The Labute approximate surface area is 123 Å². The normalized spacial score (nSPS) is 10.9. The molecule has 0 saturated carbocycles. The Balaban J connectivity index is 2.49. The van der Waals surface area contributed by atoms with Crippen molar-refractivity contribution < 1.29 is 0 Å². The van der Waals surface area contributed by atoms with Crippen LogP contribution < -0.4 is 5.32 Å². The number of benzene rings is 1. The molecule has 108 valence electrons. The monoisotopic (exact) mass is 281 g/mol. The van der Waals surface area contributed by atoms with Crippen LogP contribution in [0.4, 0.5) is 5.69 Å². The van der Waals surface area contributed by atoms with Crippen LogP contribution >= 0.6 is 11.6 Å². The molecule has 19 heavy (non-hydrogen) atoms. The average Bonchev–Trinajstić information content (AvgIpc) is 2.41. The van der Waals surface area contributed by atoms with E-state index in [0.29, 0.717) is 6.04 Å². The number of hydrogen-bond donors (Lipinski definition) is 1. The van der Waals surface area contributed by atoms with Crippen molar-refractivity contribution in [2.75, 3.05) is 5.32 Å². The Morgan fingerprint density at radius 1 is 0.947 bits per heavy atom. The highest BCUT2D eigenvalue weighted by Crippen LogP contribution is 2.24. The summed E-state index contributed by atoms with van der Waals surface area (Å²) in [4.78, 5) is 0. The molecule has 0 amide bonds. The Kier molecular flexibility index (Phi) is 8.73. The van der Waals surface area contributed by atoms with Crippen molar-refractivity contribution in [2.45, 2.75) is 71.3 Å². The van der Waals surface area contributed by atoms with Crippen LogP contribution in [0.15, 0.2) is 24.3 Å². The summed E-state index contributed by atoms with van der Waals surface area (Å²) in [5, 5.41) is 4.47. The predicted octanol–water partition coefficient (Wildman–Crippen LogP) is 6.28. The minimum absolute atomic E-state index is 0.568. The van der Waals surface area contributed by atoms with Gasteiger partial charge in [0, 0.05) is 6.04 Å². The highest BCUT2D eigenvalue weighted by atomic mass is 35.5. The Bertz CT molecular complexity index is 328. The molecule has 0 aliphatic carbocycles. The summed E-state index contributed by atoms with van der Waals surface area (Å²) in [6.45, 7) is 4.52. The smallest absolute Gasteiger partial charge is 0.0637 e. The van der Waals surface area contributed by atoms with Crippen molar-refractivity contribution in [2.24, 2.45) is 0 Å². The highest BCUT2D eigenvalue weighted by molar-refractivity contribution is 6.33. The third kappa shape index (κ3) is 6.87. The molecule has 0 aromatic heterocycles. The standard InChI is InChI=1S/C17H28ClN/c1-3-5-7-11-15(12-8-6-4-2)19-17-14-10-9-13-16(17)18/h9-10,13-15,19H,3-8,11-12H2,1-2H3. The first-order chi connectivity index (χ1) is 9.27. The molecule has 1 N–H and O–H groups in total. The van der Waals surface area contributed by atoms with Gasteiger partial charge in [0.15, 0.2) is 0 Å². The van der Waals surface area contributed by atoms with Crippen LogP contribution in [-0.2, 0) is 0 Å². The zero-order chi connectivity index (χ0) is 13.9. The molecule has 0 bridgehead atoms. The number of para-hydroxylation sites is 1. The summed E-state index contributed by atoms with van der Waals surface area (Å²) in [5.74, 6) is 0. The summed E-state index contributed by atoms with van der Waals surface area (Å²) in [6.07, 6.45) is 10.4. The molecule has 1 rings (SSSR count). The van der Waals surface area contributed by atoms with Crippen LogP contribution in [0.3, 0.4) is 0 Å². The van der Waals surface area contributed by atoms with E-state index >= 15 is 0 Å². The van der Waals surface area contributed by atoms with E-state index in [1.165, 1.54) is 51.4 Å². The topological polar surface area (TPSA) is 12.0 Å². The summed E-state index contributed by atoms with van der Waals surface area (Å²) in [5.41, 5.74) is 1.09. The van der Waals surface area contributed by atoms with Crippen LogP contribution in [-0.4, -0.2) is 6.04 Å². The maximum absolute atomic E-state index is 6.23. The first kappa shape index (κ1) is 16.4. The van der Waals surface area contributed by atoms with Crippen molar-refractivity contribution in [1.82, 2.24) is 0 Å². The first-order valence-corrected chi connectivity index (χ1v) is 8.16. The number of rotatable bonds is 10. The van der Waals surface area contributed by atoms with Gasteiger partial charge in [0.25, 0.3) is 0 Å². The molecular weight excluding hydrogens is 254 g/mol. The summed E-state index contributed by atoms with van der Waals surface area (Å²) in [6, 6.07) is 8.63. The van der Waals surface area contributed by atoms with Gasteiger partial charge in [-0.15, -0.1) is 0 Å².